The molecule has 0 fully saturated rings. The number of primary amides is 1. The molecule has 0 spiro atoms. The van der Waals surface area contributed by atoms with Crippen LogP contribution in [0.4, 0.5) is 4.79 Å². The molecule has 0 radical (unpaired) electrons. The molecule has 0 aliphatic rings. The van der Waals surface area contributed by atoms with E-state index >= 15 is 0 Å². The van der Waals surface area contributed by atoms with Gasteiger partial charge in [0.05, 0.1) is 12.0 Å². The number of hydrogen-bond acceptors (Lipinski definition) is 6. The second kappa shape index (κ2) is 9.85. The van der Waals surface area contributed by atoms with Crippen molar-refractivity contribution >= 4 is 23.9 Å². The molecule has 0 rings (SSSR count). The first-order chi connectivity index (χ1) is 11.4. The van der Waals surface area contributed by atoms with Gasteiger partial charge in [0, 0.05) is 6.42 Å². The van der Waals surface area contributed by atoms with Crippen molar-refractivity contribution in [3.05, 3.63) is 0 Å². The van der Waals surface area contributed by atoms with Crippen LogP contribution < -0.4 is 21.5 Å². The van der Waals surface area contributed by atoms with Crippen LogP contribution in [0.2, 0.25) is 0 Å². The van der Waals surface area contributed by atoms with Crippen LogP contribution in [0, 0.1) is 5.92 Å². The Morgan fingerprint density at radius 1 is 1.16 bits per heavy atom. The maximum absolute atomic E-state index is 12.4. The minimum absolute atomic E-state index is 0.191. The van der Waals surface area contributed by atoms with Gasteiger partial charge in [-0.05, 0) is 33.1 Å². The van der Waals surface area contributed by atoms with Gasteiger partial charge in [0.25, 0.3) is 0 Å². The van der Waals surface area contributed by atoms with Crippen molar-refractivity contribution in [3.63, 3.8) is 0 Å². The molecule has 0 saturated heterocycles. The minimum Gasteiger partial charge on any atom is -0.548 e. The molecular weight excluding hydrogens is 330 g/mol. The van der Waals surface area contributed by atoms with E-state index in [4.69, 9.17) is 10.5 Å². The summed E-state index contributed by atoms with van der Waals surface area (Å²) in [5, 5.41) is 15.9. The first kappa shape index (κ1) is 22.7. The predicted octanol–water partition coefficient (Wildman–Crippen LogP) is -0.574. The summed E-state index contributed by atoms with van der Waals surface area (Å²) in [6.07, 6.45) is -0.629. The Morgan fingerprint density at radius 2 is 1.72 bits per heavy atom. The monoisotopic (exact) mass is 358 g/mol. The summed E-state index contributed by atoms with van der Waals surface area (Å²) < 4.78 is 5.12. The molecule has 0 unspecified atom stereocenters. The van der Waals surface area contributed by atoms with E-state index in [-0.39, 0.29) is 18.8 Å². The van der Waals surface area contributed by atoms with Gasteiger partial charge in [-0.15, -0.1) is 0 Å². The zero-order valence-corrected chi connectivity index (χ0v) is 15.4. The Kier molecular flexibility index (Phi) is 8.94. The lowest BCUT2D eigenvalue weighted by molar-refractivity contribution is -0.308. The number of carboxylic acids is 1. The van der Waals surface area contributed by atoms with Gasteiger partial charge in [-0.2, -0.15) is 0 Å². The summed E-state index contributed by atoms with van der Waals surface area (Å²) >= 11 is 0. The summed E-state index contributed by atoms with van der Waals surface area (Å²) in [7, 11) is 0. The van der Waals surface area contributed by atoms with Gasteiger partial charge in [-0.1, -0.05) is 20.3 Å². The number of alkyl carbamates (subject to hydrolysis) is 1. The fourth-order valence-corrected chi connectivity index (χ4v) is 1.93. The Bertz CT molecular complexity index is 501. The van der Waals surface area contributed by atoms with Crippen LogP contribution in [0.5, 0.6) is 0 Å². The second-order valence-electron chi connectivity index (χ2n) is 6.89. The van der Waals surface area contributed by atoms with Crippen LogP contribution in [0.25, 0.3) is 0 Å². The van der Waals surface area contributed by atoms with Crippen LogP contribution in [-0.4, -0.2) is 41.6 Å². The summed E-state index contributed by atoms with van der Waals surface area (Å²) in [6, 6.07) is -2.37. The third-order valence-corrected chi connectivity index (χ3v) is 3.45. The molecule has 25 heavy (non-hydrogen) atoms. The standard InChI is InChI=1S/C16H29N3O6/c1-6-9(2)12(19-15(24)25-16(3,4)5)13(21)18-10(14(22)23)7-8-11(17)20/h9-10,12H,6-8H2,1-5H3,(H2,17,20)(H,18,21)(H,19,24)(H,22,23)/p-1/t9-,10+,12+/m0/s1. The zero-order chi connectivity index (χ0) is 19.8. The molecule has 4 N–H and O–H groups in total. The first-order valence-corrected chi connectivity index (χ1v) is 8.16. The summed E-state index contributed by atoms with van der Waals surface area (Å²) in [5.74, 6) is -3.19. The van der Waals surface area contributed by atoms with Crippen molar-refractivity contribution in [2.45, 2.75) is 71.6 Å². The number of aliphatic carboxylic acids is 1. The summed E-state index contributed by atoms with van der Waals surface area (Å²) in [4.78, 5) is 46.3. The van der Waals surface area contributed by atoms with E-state index in [0.29, 0.717) is 6.42 Å². The Labute approximate surface area is 147 Å². The van der Waals surface area contributed by atoms with E-state index in [1.165, 1.54) is 0 Å². The van der Waals surface area contributed by atoms with Gasteiger partial charge in [0.2, 0.25) is 11.8 Å². The lowest BCUT2D eigenvalue weighted by Crippen LogP contribution is -2.56. The number of hydrogen-bond donors (Lipinski definition) is 3. The predicted molar refractivity (Wildman–Crippen MR) is 88.0 cm³/mol. The molecule has 9 nitrogen and oxygen atoms in total. The number of carbonyl (C=O) groups excluding carboxylic acids is 4. The van der Waals surface area contributed by atoms with Crippen molar-refractivity contribution < 1.29 is 29.0 Å². The van der Waals surface area contributed by atoms with Gasteiger partial charge in [-0.25, -0.2) is 4.79 Å². The topological polar surface area (TPSA) is 151 Å². The Hall–Kier alpha value is -2.32. The summed E-state index contributed by atoms with van der Waals surface area (Å²) in [5.41, 5.74) is 4.25. The highest BCUT2D eigenvalue weighted by atomic mass is 16.6. The number of carbonyl (C=O) groups is 4. The average molecular weight is 358 g/mol. The molecule has 0 heterocycles. The molecule has 9 heteroatoms. The average Bonchev–Trinajstić information content (AvgIpc) is 2.45. The molecule has 3 atom stereocenters. The van der Waals surface area contributed by atoms with Crippen LogP contribution in [0.1, 0.15) is 53.9 Å². The minimum atomic E-state index is -1.53. The van der Waals surface area contributed by atoms with Gasteiger partial charge < -0.3 is 31.0 Å². The fraction of sp³-hybridized carbons (Fsp3) is 0.750. The molecule has 0 saturated carbocycles. The van der Waals surface area contributed by atoms with Gasteiger partial charge >= 0.3 is 6.09 Å². The van der Waals surface area contributed by atoms with Gasteiger partial charge in [-0.3, -0.25) is 9.59 Å². The van der Waals surface area contributed by atoms with E-state index in [1.807, 2.05) is 6.92 Å². The van der Waals surface area contributed by atoms with E-state index in [0.717, 1.165) is 0 Å². The van der Waals surface area contributed by atoms with E-state index in [1.54, 1.807) is 27.7 Å². The highest BCUT2D eigenvalue weighted by molar-refractivity contribution is 5.89. The number of rotatable bonds is 9. The third-order valence-electron chi connectivity index (χ3n) is 3.45. The molecule has 0 aromatic carbocycles. The maximum atomic E-state index is 12.4. The van der Waals surface area contributed by atoms with Gasteiger partial charge in [0.1, 0.15) is 11.6 Å². The van der Waals surface area contributed by atoms with E-state index in [9.17, 15) is 24.3 Å². The number of nitrogens with two attached hydrogens (primary N) is 1. The van der Waals surface area contributed by atoms with E-state index < -0.39 is 41.6 Å². The smallest absolute Gasteiger partial charge is 0.408 e. The largest absolute Gasteiger partial charge is 0.548 e. The molecule has 144 valence electrons. The van der Waals surface area contributed by atoms with Crippen LogP contribution in [0.15, 0.2) is 0 Å². The highest BCUT2D eigenvalue weighted by Gasteiger charge is 2.29. The molecule has 0 bridgehead atoms. The van der Waals surface area contributed by atoms with Crippen molar-refractivity contribution in [2.75, 3.05) is 0 Å². The molecule has 0 aliphatic heterocycles. The fourth-order valence-electron chi connectivity index (χ4n) is 1.93. The zero-order valence-electron chi connectivity index (χ0n) is 15.4. The molecular formula is C16H28N3O6-. The van der Waals surface area contributed by atoms with Crippen molar-refractivity contribution in [1.82, 2.24) is 10.6 Å². The molecule has 0 aromatic heterocycles. The first-order valence-electron chi connectivity index (χ1n) is 8.16. The Balaban J connectivity index is 5.06. The number of amides is 3. The third kappa shape index (κ3) is 9.53. The number of nitrogens with one attached hydrogen (secondary N) is 2. The van der Waals surface area contributed by atoms with Crippen molar-refractivity contribution in [2.24, 2.45) is 11.7 Å². The lowest BCUT2D eigenvalue weighted by Gasteiger charge is -2.28. The lowest BCUT2D eigenvalue weighted by atomic mass is 9.98. The maximum Gasteiger partial charge on any atom is 0.408 e. The molecule has 0 aromatic rings. The molecule has 0 aliphatic carbocycles. The Morgan fingerprint density at radius 3 is 2.12 bits per heavy atom. The SMILES string of the molecule is CC[C@H](C)[C@@H](NC(=O)OC(C)(C)C)C(=O)N[C@H](CCC(N)=O)C(=O)[O-]. The van der Waals surface area contributed by atoms with Crippen molar-refractivity contribution in [3.8, 4) is 0 Å². The second-order valence-corrected chi connectivity index (χ2v) is 6.89. The van der Waals surface area contributed by atoms with Crippen molar-refractivity contribution in [1.29, 1.82) is 0 Å². The van der Waals surface area contributed by atoms with Gasteiger partial charge in [0.15, 0.2) is 0 Å². The normalized spacial score (nSPS) is 14.8. The van der Waals surface area contributed by atoms with Crippen LogP contribution >= 0.6 is 0 Å². The quantitative estimate of drug-likeness (QED) is 0.502. The van der Waals surface area contributed by atoms with E-state index in [2.05, 4.69) is 10.6 Å². The summed E-state index contributed by atoms with van der Waals surface area (Å²) in [6.45, 7) is 8.60. The van der Waals surface area contributed by atoms with Crippen LogP contribution in [0.3, 0.4) is 0 Å². The highest BCUT2D eigenvalue weighted by Crippen LogP contribution is 2.12. The number of ether oxygens (including phenoxy) is 1. The molecule has 3 amide bonds. The van der Waals surface area contributed by atoms with Crippen LogP contribution in [-0.2, 0) is 19.1 Å². The number of carboxylic acid groups (broad SMARTS) is 1.